The molecule has 1 unspecified atom stereocenters. The summed E-state index contributed by atoms with van der Waals surface area (Å²) in [6, 6.07) is 0. The second-order valence-electron chi connectivity index (χ2n) is 3.29. The number of carbonyl (C=O) groups excluding carboxylic acids is 2. The standard InChI is InChI=1S/C8H15N3O2/c9-4-7(12)11-3-1-2-6(5-11)8(10)13/h6H,1-5,9H2,(H2,10,13). The van der Waals surface area contributed by atoms with E-state index in [0.29, 0.717) is 13.1 Å². The van der Waals surface area contributed by atoms with Gasteiger partial charge in [0, 0.05) is 13.1 Å². The first-order valence-corrected chi connectivity index (χ1v) is 4.42. The molecule has 1 fully saturated rings. The Balaban J connectivity index is 2.51. The zero-order chi connectivity index (χ0) is 9.84. The van der Waals surface area contributed by atoms with E-state index in [1.54, 1.807) is 4.90 Å². The van der Waals surface area contributed by atoms with Crippen LogP contribution >= 0.6 is 0 Å². The number of likely N-dealkylation sites (tertiary alicyclic amines) is 1. The van der Waals surface area contributed by atoms with Crippen molar-refractivity contribution >= 4 is 11.8 Å². The summed E-state index contributed by atoms with van der Waals surface area (Å²) >= 11 is 0. The zero-order valence-corrected chi connectivity index (χ0v) is 7.53. The molecule has 74 valence electrons. The largest absolute Gasteiger partial charge is 0.369 e. The van der Waals surface area contributed by atoms with Gasteiger partial charge in [0.05, 0.1) is 12.5 Å². The molecule has 0 aliphatic carbocycles. The minimum absolute atomic E-state index is 0.00544. The maximum atomic E-state index is 11.2. The van der Waals surface area contributed by atoms with Crippen LogP contribution in [0.5, 0.6) is 0 Å². The summed E-state index contributed by atoms with van der Waals surface area (Å²) in [5, 5.41) is 0. The fraction of sp³-hybridized carbons (Fsp3) is 0.750. The first-order chi connectivity index (χ1) is 6.15. The van der Waals surface area contributed by atoms with Crippen LogP contribution in [0.4, 0.5) is 0 Å². The third kappa shape index (κ3) is 2.42. The number of hydrogen-bond donors (Lipinski definition) is 2. The SMILES string of the molecule is NCC(=O)N1CCCC(C(N)=O)C1. The molecular weight excluding hydrogens is 170 g/mol. The first-order valence-electron chi connectivity index (χ1n) is 4.42. The Bertz CT molecular complexity index is 217. The van der Waals surface area contributed by atoms with Crippen LogP contribution in [0, 0.1) is 5.92 Å². The zero-order valence-electron chi connectivity index (χ0n) is 7.53. The van der Waals surface area contributed by atoms with E-state index in [4.69, 9.17) is 11.5 Å². The lowest BCUT2D eigenvalue weighted by molar-refractivity contribution is -0.133. The van der Waals surface area contributed by atoms with Crippen molar-refractivity contribution in [3.63, 3.8) is 0 Å². The predicted octanol–water partition coefficient (Wildman–Crippen LogP) is -1.33. The number of rotatable bonds is 2. The topological polar surface area (TPSA) is 89.4 Å². The average molecular weight is 185 g/mol. The fourth-order valence-electron chi connectivity index (χ4n) is 1.57. The van der Waals surface area contributed by atoms with Gasteiger partial charge in [-0.3, -0.25) is 9.59 Å². The highest BCUT2D eigenvalue weighted by atomic mass is 16.2. The molecule has 5 nitrogen and oxygen atoms in total. The molecule has 0 spiro atoms. The van der Waals surface area contributed by atoms with Crippen molar-refractivity contribution in [3.8, 4) is 0 Å². The van der Waals surface area contributed by atoms with Gasteiger partial charge in [-0.1, -0.05) is 0 Å². The maximum Gasteiger partial charge on any atom is 0.236 e. The number of amides is 2. The molecule has 0 aromatic carbocycles. The van der Waals surface area contributed by atoms with Crippen LogP contribution in [0.15, 0.2) is 0 Å². The third-order valence-corrected chi connectivity index (χ3v) is 2.35. The number of hydrogen-bond acceptors (Lipinski definition) is 3. The highest BCUT2D eigenvalue weighted by Gasteiger charge is 2.25. The Morgan fingerprint density at radius 2 is 2.15 bits per heavy atom. The molecule has 0 saturated carbocycles. The first kappa shape index (κ1) is 9.98. The number of primary amides is 1. The Kier molecular flexibility index (Phi) is 3.25. The smallest absolute Gasteiger partial charge is 0.236 e. The molecule has 0 aromatic heterocycles. The second-order valence-corrected chi connectivity index (χ2v) is 3.29. The highest BCUT2D eigenvalue weighted by Crippen LogP contribution is 2.15. The highest BCUT2D eigenvalue weighted by molar-refractivity contribution is 5.81. The second kappa shape index (κ2) is 4.23. The van der Waals surface area contributed by atoms with Gasteiger partial charge in [0.2, 0.25) is 11.8 Å². The number of piperidine rings is 1. The molecule has 5 heteroatoms. The minimum atomic E-state index is -0.325. The summed E-state index contributed by atoms with van der Waals surface area (Å²) in [5.74, 6) is -0.621. The number of nitrogens with two attached hydrogens (primary N) is 2. The predicted molar refractivity (Wildman–Crippen MR) is 47.6 cm³/mol. The van der Waals surface area contributed by atoms with Crippen molar-refractivity contribution in [2.75, 3.05) is 19.6 Å². The minimum Gasteiger partial charge on any atom is -0.369 e. The van der Waals surface area contributed by atoms with E-state index in [0.717, 1.165) is 12.8 Å². The van der Waals surface area contributed by atoms with Crippen molar-refractivity contribution in [1.29, 1.82) is 0 Å². The fourth-order valence-corrected chi connectivity index (χ4v) is 1.57. The number of nitrogens with zero attached hydrogens (tertiary/aromatic N) is 1. The van der Waals surface area contributed by atoms with Gasteiger partial charge in [-0.25, -0.2) is 0 Å². The molecule has 1 atom stereocenters. The van der Waals surface area contributed by atoms with Crippen LogP contribution in [-0.4, -0.2) is 36.3 Å². The monoisotopic (exact) mass is 185 g/mol. The lowest BCUT2D eigenvalue weighted by Gasteiger charge is -2.30. The molecule has 4 N–H and O–H groups in total. The summed E-state index contributed by atoms with van der Waals surface area (Å²) in [6.45, 7) is 1.14. The van der Waals surface area contributed by atoms with E-state index >= 15 is 0 Å². The molecule has 1 saturated heterocycles. The normalized spacial score (nSPS) is 22.8. The Morgan fingerprint density at radius 1 is 1.46 bits per heavy atom. The van der Waals surface area contributed by atoms with Gasteiger partial charge >= 0.3 is 0 Å². The van der Waals surface area contributed by atoms with E-state index in [1.807, 2.05) is 0 Å². The van der Waals surface area contributed by atoms with Crippen molar-refractivity contribution in [2.24, 2.45) is 17.4 Å². The van der Waals surface area contributed by atoms with E-state index in [1.165, 1.54) is 0 Å². The molecule has 0 bridgehead atoms. The van der Waals surface area contributed by atoms with Crippen LogP contribution < -0.4 is 11.5 Å². The molecule has 1 rings (SSSR count). The van der Waals surface area contributed by atoms with E-state index < -0.39 is 0 Å². The van der Waals surface area contributed by atoms with Crippen LogP contribution in [0.3, 0.4) is 0 Å². The Hall–Kier alpha value is -1.10. The lowest BCUT2D eigenvalue weighted by Crippen LogP contribution is -2.46. The van der Waals surface area contributed by atoms with Crippen molar-refractivity contribution in [3.05, 3.63) is 0 Å². The van der Waals surface area contributed by atoms with E-state index in [2.05, 4.69) is 0 Å². The molecule has 1 aliphatic rings. The molecule has 0 aromatic rings. The molecular formula is C8H15N3O2. The molecule has 1 heterocycles. The summed E-state index contributed by atoms with van der Waals surface area (Å²) in [6.07, 6.45) is 1.61. The van der Waals surface area contributed by atoms with Crippen molar-refractivity contribution in [2.45, 2.75) is 12.8 Å². The molecule has 13 heavy (non-hydrogen) atoms. The van der Waals surface area contributed by atoms with E-state index in [-0.39, 0.29) is 24.3 Å². The summed E-state index contributed by atoms with van der Waals surface area (Å²) in [7, 11) is 0. The van der Waals surface area contributed by atoms with Crippen LogP contribution in [0.25, 0.3) is 0 Å². The van der Waals surface area contributed by atoms with Gasteiger partial charge in [-0.05, 0) is 12.8 Å². The van der Waals surface area contributed by atoms with Gasteiger partial charge in [0.25, 0.3) is 0 Å². The van der Waals surface area contributed by atoms with Gasteiger partial charge in [0.15, 0.2) is 0 Å². The van der Waals surface area contributed by atoms with E-state index in [9.17, 15) is 9.59 Å². The van der Waals surface area contributed by atoms with Crippen LogP contribution in [0.1, 0.15) is 12.8 Å². The van der Waals surface area contributed by atoms with Crippen molar-refractivity contribution in [1.82, 2.24) is 4.90 Å². The third-order valence-electron chi connectivity index (χ3n) is 2.35. The lowest BCUT2D eigenvalue weighted by atomic mass is 9.97. The van der Waals surface area contributed by atoms with Gasteiger partial charge in [0.1, 0.15) is 0 Å². The average Bonchev–Trinajstić information content (AvgIpc) is 2.17. The Labute approximate surface area is 77.1 Å². The number of carbonyl (C=O) groups is 2. The Morgan fingerprint density at radius 3 is 2.69 bits per heavy atom. The molecule has 1 aliphatic heterocycles. The van der Waals surface area contributed by atoms with Crippen LogP contribution in [-0.2, 0) is 9.59 Å². The van der Waals surface area contributed by atoms with Crippen LogP contribution in [0.2, 0.25) is 0 Å². The van der Waals surface area contributed by atoms with Gasteiger partial charge < -0.3 is 16.4 Å². The quantitative estimate of drug-likeness (QED) is 0.558. The summed E-state index contributed by atoms with van der Waals surface area (Å²) in [5.41, 5.74) is 10.4. The summed E-state index contributed by atoms with van der Waals surface area (Å²) in [4.78, 5) is 23.7. The summed E-state index contributed by atoms with van der Waals surface area (Å²) < 4.78 is 0. The van der Waals surface area contributed by atoms with Gasteiger partial charge in [-0.2, -0.15) is 0 Å². The molecule has 2 amide bonds. The van der Waals surface area contributed by atoms with Gasteiger partial charge in [-0.15, -0.1) is 0 Å². The molecule has 0 radical (unpaired) electrons. The van der Waals surface area contributed by atoms with Crippen molar-refractivity contribution < 1.29 is 9.59 Å². The maximum absolute atomic E-state index is 11.2.